The van der Waals surface area contributed by atoms with Crippen LogP contribution in [0.4, 0.5) is 0 Å². The lowest BCUT2D eigenvalue weighted by atomic mass is 9.63. The molecule has 0 saturated heterocycles. The lowest BCUT2D eigenvalue weighted by molar-refractivity contribution is 0.137. The van der Waals surface area contributed by atoms with Crippen LogP contribution in [0.3, 0.4) is 0 Å². The largest absolute Gasteiger partial charge is 0.234 e. The van der Waals surface area contributed by atoms with E-state index in [1.54, 1.807) is 12.2 Å². The molecular weight excluding hydrogens is 540 g/mol. The van der Waals surface area contributed by atoms with E-state index in [4.69, 9.17) is 0 Å². The Hall–Kier alpha value is -1.76. The summed E-state index contributed by atoms with van der Waals surface area (Å²) in [7, 11) is 0. The molecule has 0 aromatic heterocycles. The van der Waals surface area contributed by atoms with Crippen LogP contribution in [0.5, 0.6) is 0 Å². The van der Waals surface area contributed by atoms with Crippen LogP contribution >= 0.6 is 0 Å². The van der Waals surface area contributed by atoms with Crippen LogP contribution in [0.2, 0.25) is 0 Å². The summed E-state index contributed by atoms with van der Waals surface area (Å²) < 4.78 is 0. The first-order valence-electron chi connectivity index (χ1n) is 19.2. The summed E-state index contributed by atoms with van der Waals surface area (Å²) in [6, 6.07) is 0. The van der Waals surface area contributed by atoms with Gasteiger partial charge in [0.25, 0.3) is 0 Å². The van der Waals surface area contributed by atoms with Crippen molar-refractivity contribution >= 4 is 12.2 Å². The number of allylic oxidation sites excluding steroid dienone is 4. The first-order valence-corrected chi connectivity index (χ1v) is 19.2. The van der Waals surface area contributed by atoms with Crippen LogP contribution in [0.1, 0.15) is 181 Å². The van der Waals surface area contributed by atoms with Crippen LogP contribution in [0.15, 0.2) is 34.3 Å². The van der Waals surface area contributed by atoms with Gasteiger partial charge in [-0.1, -0.05) is 141 Å². The Bertz CT molecular complexity index is 727. The average Bonchev–Trinajstić information content (AvgIpc) is 3.03. The molecule has 4 atom stereocenters. The number of isocyanates is 2. The van der Waals surface area contributed by atoms with Crippen molar-refractivity contribution in [3.05, 3.63) is 24.3 Å². The molecule has 0 bridgehead atoms. The number of rotatable bonds is 30. The predicted molar refractivity (Wildman–Crippen MR) is 190 cm³/mol. The summed E-state index contributed by atoms with van der Waals surface area (Å²) in [5.41, 5.74) is 0. The Morgan fingerprint density at radius 2 is 0.864 bits per heavy atom. The van der Waals surface area contributed by atoms with E-state index in [0.717, 1.165) is 24.7 Å². The van der Waals surface area contributed by atoms with Crippen LogP contribution < -0.4 is 0 Å². The molecule has 4 heteroatoms. The van der Waals surface area contributed by atoms with Crippen LogP contribution in [0.25, 0.3) is 0 Å². The van der Waals surface area contributed by atoms with Gasteiger partial charge in [-0.15, -0.1) is 0 Å². The molecular formula is C40H70N2O2. The van der Waals surface area contributed by atoms with E-state index in [0.29, 0.717) is 24.9 Å². The molecule has 1 saturated carbocycles. The van der Waals surface area contributed by atoms with E-state index < -0.39 is 0 Å². The molecule has 0 aromatic carbocycles. The number of unbranched alkanes of at least 4 members (excludes halogenated alkanes) is 18. The maximum absolute atomic E-state index is 10.2. The lowest BCUT2D eigenvalue weighted by Gasteiger charge is -2.41. The van der Waals surface area contributed by atoms with Gasteiger partial charge in [0.05, 0.1) is 13.1 Å². The third kappa shape index (κ3) is 21.9. The second-order valence-corrected chi connectivity index (χ2v) is 13.6. The van der Waals surface area contributed by atoms with Crippen molar-refractivity contribution in [2.45, 2.75) is 181 Å². The molecule has 0 amide bonds. The zero-order valence-corrected chi connectivity index (χ0v) is 29.1. The van der Waals surface area contributed by atoms with Crippen LogP contribution in [-0.4, -0.2) is 25.2 Å². The van der Waals surface area contributed by atoms with E-state index in [1.807, 2.05) is 0 Å². The normalized spacial score (nSPS) is 20.2. The van der Waals surface area contributed by atoms with Gasteiger partial charge in [0, 0.05) is 0 Å². The van der Waals surface area contributed by atoms with E-state index in [2.05, 4.69) is 48.1 Å². The van der Waals surface area contributed by atoms with E-state index in [-0.39, 0.29) is 0 Å². The van der Waals surface area contributed by atoms with Gasteiger partial charge < -0.3 is 0 Å². The van der Waals surface area contributed by atoms with Crippen molar-refractivity contribution in [1.82, 2.24) is 0 Å². The van der Waals surface area contributed by atoms with Gasteiger partial charge in [0.2, 0.25) is 12.2 Å². The minimum absolute atomic E-state index is 0.647. The Morgan fingerprint density at radius 3 is 1.23 bits per heavy atom. The second-order valence-electron chi connectivity index (χ2n) is 13.6. The highest BCUT2D eigenvalue weighted by molar-refractivity contribution is 5.32. The molecule has 0 aliphatic heterocycles. The Balaban J connectivity index is 2.69. The zero-order chi connectivity index (χ0) is 31.8. The van der Waals surface area contributed by atoms with Crippen molar-refractivity contribution in [3.63, 3.8) is 0 Å². The molecule has 1 aliphatic rings. The minimum Gasteiger partial charge on any atom is -0.211 e. The van der Waals surface area contributed by atoms with Crippen molar-refractivity contribution in [2.24, 2.45) is 33.7 Å². The van der Waals surface area contributed by atoms with Crippen molar-refractivity contribution in [3.8, 4) is 0 Å². The van der Waals surface area contributed by atoms with Crippen molar-refractivity contribution in [1.29, 1.82) is 0 Å². The molecule has 0 radical (unpaired) electrons. The molecule has 44 heavy (non-hydrogen) atoms. The minimum atomic E-state index is 0.647. The molecule has 4 nitrogen and oxygen atoms in total. The van der Waals surface area contributed by atoms with Gasteiger partial charge in [-0.25, -0.2) is 19.6 Å². The monoisotopic (exact) mass is 611 g/mol. The third-order valence-corrected chi connectivity index (χ3v) is 9.93. The number of aliphatic imine (C=N–C) groups is 2. The van der Waals surface area contributed by atoms with Gasteiger partial charge in [0.15, 0.2) is 0 Å². The highest BCUT2D eigenvalue weighted by Gasteiger charge is 2.35. The number of carbonyl (C=O) groups excluding carboxylic acids is 2. The standard InChI is InChI=1S/C40H70N2O2/c1-3-5-7-15-23-29-39-37(27-21-17-11-9-13-19-25-33-41-35-43)31-32-38(40(39)30-24-16-8-6-4-2)28-22-18-12-10-14-20-26-34-42-36-44/h23-24,29-30,37-40H,3-22,25-28,31-34H2,1-2H3. The number of hydrogen-bond acceptors (Lipinski definition) is 4. The predicted octanol–water partition coefficient (Wildman–Crippen LogP) is 12.4. The molecule has 252 valence electrons. The first kappa shape index (κ1) is 40.3. The van der Waals surface area contributed by atoms with Crippen LogP contribution in [-0.2, 0) is 9.59 Å². The smallest absolute Gasteiger partial charge is 0.211 e. The number of hydrogen-bond donors (Lipinski definition) is 0. The van der Waals surface area contributed by atoms with Crippen LogP contribution in [0, 0.1) is 23.7 Å². The highest BCUT2D eigenvalue weighted by atomic mass is 16.1. The molecule has 1 fully saturated rings. The summed E-state index contributed by atoms with van der Waals surface area (Å²) in [6.45, 7) is 5.90. The maximum Gasteiger partial charge on any atom is 0.234 e. The van der Waals surface area contributed by atoms with Crippen molar-refractivity contribution in [2.75, 3.05) is 13.1 Å². The average molecular weight is 611 g/mol. The fraction of sp³-hybridized carbons (Fsp3) is 0.850. The Labute approximate surface area is 273 Å². The topological polar surface area (TPSA) is 58.9 Å². The van der Waals surface area contributed by atoms with E-state index in [9.17, 15) is 9.59 Å². The molecule has 0 spiro atoms. The highest BCUT2D eigenvalue weighted by Crippen LogP contribution is 2.45. The third-order valence-electron chi connectivity index (χ3n) is 9.93. The summed E-state index contributed by atoms with van der Waals surface area (Å²) in [5.74, 6) is 3.10. The van der Waals surface area contributed by atoms with Gasteiger partial charge in [-0.2, -0.15) is 0 Å². The van der Waals surface area contributed by atoms with Gasteiger partial charge in [-0.05, 0) is 87.9 Å². The SMILES string of the molecule is CCCCCC=CC1C(CCCCCCCCCN=C=O)CCC(CCCCCCCCCN=C=O)C1C=CCCCCC. The molecule has 0 heterocycles. The number of nitrogens with zero attached hydrogens (tertiary/aromatic N) is 2. The maximum atomic E-state index is 10.2. The Morgan fingerprint density at radius 1 is 0.500 bits per heavy atom. The van der Waals surface area contributed by atoms with Gasteiger partial charge in [0.1, 0.15) is 0 Å². The fourth-order valence-corrected chi connectivity index (χ4v) is 7.27. The lowest BCUT2D eigenvalue weighted by Crippen LogP contribution is -2.33. The van der Waals surface area contributed by atoms with E-state index in [1.165, 1.54) is 154 Å². The zero-order valence-electron chi connectivity index (χ0n) is 29.1. The Kier molecular flexibility index (Phi) is 28.6. The molecule has 0 aromatic rings. The van der Waals surface area contributed by atoms with Gasteiger partial charge in [-0.3, -0.25) is 0 Å². The quantitative estimate of drug-likeness (QED) is 0.0351. The summed E-state index contributed by atoms with van der Waals surface area (Å²) >= 11 is 0. The fourth-order valence-electron chi connectivity index (χ4n) is 7.27. The molecule has 1 aliphatic carbocycles. The molecule has 0 N–H and O–H groups in total. The second kappa shape index (κ2) is 31.2. The summed E-state index contributed by atoms with van der Waals surface area (Å²) in [4.78, 5) is 27.8. The molecule has 4 unspecified atom stereocenters. The summed E-state index contributed by atoms with van der Waals surface area (Å²) in [5, 5.41) is 0. The first-order chi connectivity index (χ1) is 21.8. The van der Waals surface area contributed by atoms with Crippen molar-refractivity contribution < 1.29 is 9.59 Å². The summed E-state index contributed by atoms with van der Waals surface area (Å²) in [6.07, 6.45) is 47.6. The van der Waals surface area contributed by atoms with E-state index >= 15 is 0 Å². The molecule has 1 rings (SSSR count). The van der Waals surface area contributed by atoms with Gasteiger partial charge >= 0.3 is 0 Å².